The molecule has 7 heteroatoms. The van der Waals surface area contributed by atoms with Crippen LogP contribution in [0.2, 0.25) is 0 Å². The highest BCUT2D eigenvalue weighted by Gasteiger charge is 2.39. The molecule has 2 aliphatic heterocycles. The van der Waals surface area contributed by atoms with Crippen molar-refractivity contribution in [1.82, 2.24) is 30.3 Å². The first-order chi connectivity index (χ1) is 15.3. The molecule has 0 saturated carbocycles. The van der Waals surface area contributed by atoms with Gasteiger partial charge in [0.05, 0.1) is 23.8 Å². The Morgan fingerprint density at radius 2 is 1.81 bits per heavy atom. The van der Waals surface area contributed by atoms with Crippen LogP contribution in [0.3, 0.4) is 0 Å². The molecule has 154 valence electrons. The Balaban J connectivity index is 1.31. The van der Waals surface area contributed by atoms with Crippen LogP contribution in [-0.4, -0.2) is 42.4 Å². The van der Waals surface area contributed by atoms with Crippen molar-refractivity contribution in [2.75, 3.05) is 0 Å². The van der Waals surface area contributed by atoms with Crippen LogP contribution >= 0.6 is 0 Å². The highest BCUT2D eigenvalue weighted by Crippen LogP contribution is 2.39. The van der Waals surface area contributed by atoms with Gasteiger partial charge in [-0.3, -0.25) is 10.00 Å². The third-order valence-electron chi connectivity index (χ3n) is 7.08. The van der Waals surface area contributed by atoms with E-state index in [2.05, 4.69) is 66.7 Å². The highest BCUT2D eigenvalue weighted by atomic mass is 16.4. The molecule has 7 rings (SSSR count). The maximum atomic E-state index is 6.19. The minimum absolute atomic E-state index is 0.552. The van der Waals surface area contributed by atoms with E-state index < -0.39 is 0 Å². The zero-order valence-corrected chi connectivity index (χ0v) is 17.0. The molecule has 0 spiro atoms. The third kappa shape index (κ3) is 2.66. The zero-order chi connectivity index (χ0) is 20.4. The molecule has 0 aliphatic carbocycles. The summed E-state index contributed by atoms with van der Waals surface area (Å²) in [5, 5.41) is 18.4. The van der Waals surface area contributed by atoms with E-state index in [9.17, 15) is 0 Å². The van der Waals surface area contributed by atoms with Gasteiger partial charge in [0.15, 0.2) is 0 Å². The molecule has 3 aromatic heterocycles. The van der Waals surface area contributed by atoms with E-state index >= 15 is 0 Å². The van der Waals surface area contributed by atoms with Gasteiger partial charge in [0.2, 0.25) is 11.8 Å². The molecule has 7 nitrogen and oxygen atoms in total. The van der Waals surface area contributed by atoms with Crippen LogP contribution < -0.4 is 0 Å². The molecule has 5 heterocycles. The van der Waals surface area contributed by atoms with Crippen LogP contribution in [0.4, 0.5) is 0 Å². The molecule has 2 bridgehead atoms. The number of aromatic nitrogens is 5. The van der Waals surface area contributed by atoms with Crippen LogP contribution in [0.1, 0.15) is 31.6 Å². The Morgan fingerprint density at radius 1 is 0.935 bits per heavy atom. The second kappa shape index (κ2) is 6.52. The molecule has 2 fully saturated rings. The number of H-pyrrole nitrogens is 2. The Kier molecular flexibility index (Phi) is 3.63. The van der Waals surface area contributed by atoms with Gasteiger partial charge in [-0.2, -0.15) is 5.10 Å². The molecular weight excluding hydrogens is 388 g/mol. The number of benzene rings is 2. The number of rotatable bonds is 4. The van der Waals surface area contributed by atoms with Gasteiger partial charge in [-0.1, -0.05) is 12.1 Å². The average molecular weight is 410 g/mol. The van der Waals surface area contributed by atoms with E-state index in [4.69, 9.17) is 4.42 Å². The minimum Gasteiger partial charge on any atom is -0.419 e. The summed E-state index contributed by atoms with van der Waals surface area (Å²) in [5.74, 6) is 1.25. The fourth-order valence-corrected chi connectivity index (χ4v) is 5.58. The summed E-state index contributed by atoms with van der Waals surface area (Å²) < 4.78 is 6.19. The van der Waals surface area contributed by atoms with Crippen molar-refractivity contribution >= 4 is 21.8 Å². The molecule has 2 aromatic carbocycles. The predicted molar refractivity (Wildman–Crippen MR) is 118 cm³/mol. The first-order valence-electron chi connectivity index (χ1n) is 11.0. The smallest absolute Gasteiger partial charge is 0.248 e. The van der Waals surface area contributed by atoms with E-state index in [0.717, 1.165) is 39.7 Å². The van der Waals surface area contributed by atoms with E-state index in [1.165, 1.54) is 31.1 Å². The average Bonchev–Trinajstić information content (AvgIpc) is 3.62. The van der Waals surface area contributed by atoms with Crippen molar-refractivity contribution in [1.29, 1.82) is 0 Å². The summed E-state index contributed by atoms with van der Waals surface area (Å²) in [6.45, 7) is 0.749. The monoisotopic (exact) mass is 410 g/mol. The number of hydrogen-bond acceptors (Lipinski definition) is 5. The molecule has 2 N–H and O–H groups in total. The Morgan fingerprint density at radius 3 is 2.68 bits per heavy atom. The first kappa shape index (κ1) is 17.3. The van der Waals surface area contributed by atoms with Gasteiger partial charge in [-0.15, -0.1) is 10.2 Å². The van der Waals surface area contributed by atoms with Gasteiger partial charge in [0, 0.05) is 34.6 Å². The molecule has 2 aliphatic rings. The van der Waals surface area contributed by atoms with Crippen molar-refractivity contribution in [3.63, 3.8) is 0 Å². The summed E-state index contributed by atoms with van der Waals surface area (Å²) in [6.07, 6.45) is 9.00. The van der Waals surface area contributed by atoms with Gasteiger partial charge in [0.25, 0.3) is 0 Å². The van der Waals surface area contributed by atoms with Crippen LogP contribution in [0.25, 0.3) is 44.4 Å². The molecule has 0 radical (unpaired) electrons. The van der Waals surface area contributed by atoms with E-state index in [1.807, 2.05) is 12.4 Å². The summed E-state index contributed by atoms with van der Waals surface area (Å²) >= 11 is 0. The van der Waals surface area contributed by atoms with Crippen LogP contribution in [0.15, 0.2) is 53.2 Å². The lowest BCUT2D eigenvalue weighted by molar-refractivity contribution is 0.220. The highest BCUT2D eigenvalue weighted by molar-refractivity contribution is 6.01. The van der Waals surface area contributed by atoms with E-state index in [1.54, 1.807) is 0 Å². The Bertz CT molecular complexity index is 1390. The number of hydrogen-bond donors (Lipinski definition) is 2. The summed E-state index contributed by atoms with van der Waals surface area (Å²) in [5.41, 5.74) is 5.23. The van der Waals surface area contributed by atoms with Gasteiger partial charge in [0.1, 0.15) is 0 Å². The van der Waals surface area contributed by atoms with Crippen LogP contribution in [-0.2, 0) is 6.54 Å². The second-order valence-electron chi connectivity index (χ2n) is 8.74. The predicted octanol–water partition coefficient (Wildman–Crippen LogP) is 4.89. The number of nitrogens with zero attached hydrogens (tertiary/aromatic N) is 4. The molecule has 2 saturated heterocycles. The quantitative estimate of drug-likeness (QED) is 0.441. The third-order valence-corrected chi connectivity index (χ3v) is 7.08. The fraction of sp³-hybridized carbons (Fsp3) is 0.292. The van der Waals surface area contributed by atoms with Gasteiger partial charge >= 0.3 is 0 Å². The molecule has 0 atom stereocenters. The van der Waals surface area contributed by atoms with Crippen molar-refractivity contribution in [2.24, 2.45) is 0 Å². The SMILES string of the molecule is c1cc(-c2cc(-c3nnc(CN4[C@H]5CC[C@@H]4CC5)o3)c3cn[nH]c3c2)c2cc[nH]c2c1. The van der Waals surface area contributed by atoms with Crippen molar-refractivity contribution in [3.8, 4) is 22.6 Å². The summed E-state index contributed by atoms with van der Waals surface area (Å²) in [6, 6.07) is 14.0. The van der Waals surface area contributed by atoms with Gasteiger partial charge in [-0.25, -0.2) is 0 Å². The lowest BCUT2D eigenvalue weighted by Crippen LogP contribution is -2.27. The van der Waals surface area contributed by atoms with Crippen LogP contribution in [0, 0.1) is 0 Å². The Labute approximate surface area is 178 Å². The standard InChI is InChI=1S/C24H22N6O/c1-2-17(18-8-9-25-21(18)3-1)14-10-19(20-12-26-27-22(20)11-14)24-29-28-23(31-24)13-30-15-4-5-16(30)7-6-15/h1-3,8-12,15-16,25H,4-7,13H2,(H,26,27)/t15-,16+. The Hall–Kier alpha value is -3.45. The largest absolute Gasteiger partial charge is 0.419 e. The van der Waals surface area contributed by atoms with Crippen LogP contribution in [0.5, 0.6) is 0 Å². The molecule has 5 aromatic rings. The molecule has 0 unspecified atom stereocenters. The summed E-state index contributed by atoms with van der Waals surface area (Å²) in [7, 11) is 0. The van der Waals surface area contributed by atoms with Crippen molar-refractivity contribution in [3.05, 3.63) is 54.7 Å². The lowest BCUT2D eigenvalue weighted by Gasteiger charge is -2.18. The molecule has 31 heavy (non-hydrogen) atoms. The summed E-state index contributed by atoms with van der Waals surface area (Å²) in [4.78, 5) is 5.84. The van der Waals surface area contributed by atoms with Crippen molar-refractivity contribution < 1.29 is 4.42 Å². The minimum atomic E-state index is 0.552. The molecule has 0 amide bonds. The van der Waals surface area contributed by atoms with Gasteiger partial charge < -0.3 is 9.40 Å². The lowest BCUT2D eigenvalue weighted by atomic mass is 9.98. The number of fused-ring (bicyclic) bond motifs is 4. The first-order valence-corrected chi connectivity index (χ1v) is 11.0. The second-order valence-corrected chi connectivity index (χ2v) is 8.74. The van der Waals surface area contributed by atoms with E-state index in [-0.39, 0.29) is 0 Å². The fourth-order valence-electron chi connectivity index (χ4n) is 5.58. The van der Waals surface area contributed by atoms with E-state index in [0.29, 0.717) is 23.9 Å². The number of aromatic amines is 2. The van der Waals surface area contributed by atoms with Crippen molar-refractivity contribution in [2.45, 2.75) is 44.3 Å². The topological polar surface area (TPSA) is 86.6 Å². The molecular formula is C24H22N6O. The maximum Gasteiger partial charge on any atom is 0.248 e. The maximum absolute atomic E-state index is 6.19. The van der Waals surface area contributed by atoms with Gasteiger partial charge in [-0.05, 0) is 61.1 Å². The number of nitrogens with one attached hydrogen (secondary N) is 2. The normalized spacial score (nSPS) is 21.0. The zero-order valence-electron chi connectivity index (χ0n) is 17.0.